The van der Waals surface area contributed by atoms with Gasteiger partial charge in [-0.1, -0.05) is 36.4 Å². The molecule has 0 amide bonds. The maximum absolute atomic E-state index is 4.54. The van der Waals surface area contributed by atoms with Crippen LogP contribution in [-0.2, 0) is 0 Å². The molecule has 2 unspecified atom stereocenters. The van der Waals surface area contributed by atoms with Crippen LogP contribution >= 0.6 is 0 Å². The molecule has 3 heteroatoms. The van der Waals surface area contributed by atoms with E-state index in [1.54, 1.807) is 0 Å². The molecule has 1 aromatic carbocycles. The molecule has 0 saturated carbocycles. The number of likely N-dealkylation sites (tertiary alicyclic amines) is 1. The monoisotopic (exact) mass is 281 g/mol. The summed E-state index contributed by atoms with van der Waals surface area (Å²) in [5.41, 5.74) is 2.37. The summed E-state index contributed by atoms with van der Waals surface area (Å²) in [7, 11) is 2.20. The van der Waals surface area contributed by atoms with Gasteiger partial charge in [-0.15, -0.1) is 0 Å². The van der Waals surface area contributed by atoms with Gasteiger partial charge < -0.3 is 10.2 Å². The van der Waals surface area contributed by atoms with Gasteiger partial charge in [0.1, 0.15) is 0 Å². The van der Waals surface area contributed by atoms with Crippen molar-refractivity contribution in [3.8, 4) is 0 Å². The fourth-order valence-corrected chi connectivity index (χ4v) is 3.06. The molecule has 1 aliphatic rings. The highest BCUT2D eigenvalue weighted by atomic mass is 15.1. The molecule has 1 aromatic heterocycles. The van der Waals surface area contributed by atoms with Crippen LogP contribution in [-0.4, -0.2) is 36.6 Å². The molecule has 1 saturated heterocycles. The number of nitrogens with zero attached hydrogens (tertiary/aromatic N) is 2. The lowest BCUT2D eigenvalue weighted by atomic mass is 10.0. The molecule has 1 N–H and O–H groups in total. The van der Waals surface area contributed by atoms with Crippen molar-refractivity contribution in [3.63, 3.8) is 0 Å². The van der Waals surface area contributed by atoms with E-state index in [2.05, 4.69) is 64.7 Å². The summed E-state index contributed by atoms with van der Waals surface area (Å²) < 4.78 is 0. The molecular formula is C18H23N3. The lowest BCUT2D eigenvalue weighted by molar-refractivity contribution is 0.383. The van der Waals surface area contributed by atoms with Crippen molar-refractivity contribution in [1.29, 1.82) is 0 Å². The summed E-state index contributed by atoms with van der Waals surface area (Å²) in [5.74, 6) is 0.741. The minimum Gasteiger partial charge on any atom is -0.306 e. The highest BCUT2D eigenvalue weighted by Crippen LogP contribution is 2.21. The lowest BCUT2D eigenvalue weighted by Crippen LogP contribution is -2.30. The molecule has 0 spiro atoms. The average molecular weight is 281 g/mol. The summed E-state index contributed by atoms with van der Waals surface area (Å²) in [4.78, 5) is 6.95. The van der Waals surface area contributed by atoms with E-state index in [0.717, 1.165) is 18.2 Å². The van der Waals surface area contributed by atoms with E-state index in [9.17, 15) is 0 Å². The third kappa shape index (κ3) is 3.69. The van der Waals surface area contributed by atoms with Crippen LogP contribution in [0.3, 0.4) is 0 Å². The van der Waals surface area contributed by atoms with Crippen LogP contribution in [0.25, 0.3) is 0 Å². The minimum absolute atomic E-state index is 0.179. The summed E-state index contributed by atoms with van der Waals surface area (Å²) in [6.07, 6.45) is 3.16. The summed E-state index contributed by atoms with van der Waals surface area (Å²) in [6, 6.07) is 16.9. The predicted octanol–water partition coefficient (Wildman–Crippen LogP) is 2.71. The van der Waals surface area contributed by atoms with Crippen LogP contribution in [0.5, 0.6) is 0 Å². The van der Waals surface area contributed by atoms with Crippen LogP contribution in [0.4, 0.5) is 0 Å². The van der Waals surface area contributed by atoms with Gasteiger partial charge in [0.25, 0.3) is 0 Å². The van der Waals surface area contributed by atoms with Crippen molar-refractivity contribution in [1.82, 2.24) is 15.2 Å². The first-order valence-corrected chi connectivity index (χ1v) is 7.71. The Morgan fingerprint density at radius 3 is 2.67 bits per heavy atom. The molecule has 2 aromatic rings. The van der Waals surface area contributed by atoms with Gasteiger partial charge in [-0.05, 0) is 43.6 Å². The summed E-state index contributed by atoms with van der Waals surface area (Å²) in [6.45, 7) is 3.45. The molecule has 110 valence electrons. The number of hydrogen-bond donors (Lipinski definition) is 1. The van der Waals surface area contributed by atoms with Crippen LogP contribution in [0.15, 0.2) is 54.7 Å². The Kier molecular flexibility index (Phi) is 4.63. The number of aromatic nitrogens is 1. The minimum atomic E-state index is 0.179. The smallest absolute Gasteiger partial charge is 0.0751 e. The summed E-state index contributed by atoms with van der Waals surface area (Å²) in [5, 5.41) is 3.73. The zero-order valence-corrected chi connectivity index (χ0v) is 12.6. The van der Waals surface area contributed by atoms with Gasteiger partial charge in [-0.3, -0.25) is 4.98 Å². The van der Waals surface area contributed by atoms with E-state index in [1.165, 1.54) is 25.1 Å². The van der Waals surface area contributed by atoms with Gasteiger partial charge >= 0.3 is 0 Å². The molecule has 0 radical (unpaired) electrons. The first-order chi connectivity index (χ1) is 10.3. The Balaban J connectivity index is 1.74. The number of pyridine rings is 1. The molecule has 0 bridgehead atoms. The topological polar surface area (TPSA) is 28.2 Å². The van der Waals surface area contributed by atoms with Crippen molar-refractivity contribution >= 4 is 0 Å². The van der Waals surface area contributed by atoms with Crippen molar-refractivity contribution in [2.75, 3.05) is 26.7 Å². The predicted molar refractivity (Wildman–Crippen MR) is 86.1 cm³/mol. The molecule has 2 heterocycles. The maximum atomic E-state index is 4.54. The Labute approximate surface area is 127 Å². The second-order valence-corrected chi connectivity index (χ2v) is 5.92. The van der Waals surface area contributed by atoms with E-state index in [-0.39, 0.29) is 6.04 Å². The van der Waals surface area contributed by atoms with Crippen molar-refractivity contribution in [2.45, 2.75) is 12.5 Å². The second-order valence-electron chi connectivity index (χ2n) is 5.92. The van der Waals surface area contributed by atoms with Gasteiger partial charge in [-0.2, -0.15) is 0 Å². The van der Waals surface area contributed by atoms with E-state index in [0.29, 0.717) is 0 Å². The zero-order valence-electron chi connectivity index (χ0n) is 12.6. The van der Waals surface area contributed by atoms with E-state index >= 15 is 0 Å². The third-order valence-corrected chi connectivity index (χ3v) is 4.22. The van der Waals surface area contributed by atoms with Gasteiger partial charge in [0.05, 0.1) is 11.7 Å². The number of hydrogen-bond acceptors (Lipinski definition) is 3. The molecule has 0 aliphatic carbocycles. The molecule has 21 heavy (non-hydrogen) atoms. The maximum Gasteiger partial charge on any atom is 0.0751 e. The Hall–Kier alpha value is -1.71. The van der Waals surface area contributed by atoms with Gasteiger partial charge in [0, 0.05) is 19.3 Å². The number of benzene rings is 1. The molecule has 2 atom stereocenters. The standard InChI is InChI=1S/C18H23N3/c1-21-12-10-15(14-21)13-20-18(16-7-3-2-4-8-16)17-9-5-6-11-19-17/h2-9,11,15,18,20H,10,12-14H2,1H3. The second kappa shape index (κ2) is 6.83. The quantitative estimate of drug-likeness (QED) is 0.913. The highest BCUT2D eigenvalue weighted by molar-refractivity contribution is 5.27. The summed E-state index contributed by atoms with van der Waals surface area (Å²) >= 11 is 0. The highest BCUT2D eigenvalue weighted by Gasteiger charge is 2.21. The van der Waals surface area contributed by atoms with E-state index in [4.69, 9.17) is 0 Å². The molecule has 1 aliphatic heterocycles. The van der Waals surface area contributed by atoms with Crippen LogP contribution in [0.1, 0.15) is 23.7 Å². The first-order valence-electron chi connectivity index (χ1n) is 7.71. The third-order valence-electron chi connectivity index (χ3n) is 4.22. The van der Waals surface area contributed by atoms with Crippen molar-refractivity contribution in [2.24, 2.45) is 5.92 Å². The van der Waals surface area contributed by atoms with Gasteiger partial charge in [0.2, 0.25) is 0 Å². The molecule has 3 rings (SSSR count). The van der Waals surface area contributed by atoms with Crippen LogP contribution in [0, 0.1) is 5.92 Å². The average Bonchev–Trinajstić information content (AvgIpc) is 2.95. The van der Waals surface area contributed by atoms with Crippen molar-refractivity contribution < 1.29 is 0 Å². The molecule has 3 nitrogen and oxygen atoms in total. The largest absolute Gasteiger partial charge is 0.306 e. The van der Waals surface area contributed by atoms with Crippen LogP contribution < -0.4 is 5.32 Å². The fraction of sp³-hybridized carbons (Fsp3) is 0.389. The Morgan fingerprint density at radius 2 is 2.00 bits per heavy atom. The van der Waals surface area contributed by atoms with Crippen LogP contribution in [0.2, 0.25) is 0 Å². The van der Waals surface area contributed by atoms with Gasteiger partial charge in [-0.25, -0.2) is 0 Å². The number of nitrogens with one attached hydrogen (secondary N) is 1. The van der Waals surface area contributed by atoms with E-state index in [1.807, 2.05) is 12.3 Å². The van der Waals surface area contributed by atoms with Crippen molar-refractivity contribution in [3.05, 3.63) is 66.0 Å². The first kappa shape index (κ1) is 14.2. The Morgan fingerprint density at radius 1 is 1.19 bits per heavy atom. The fourth-order valence-electron chi connectivity index (χ4n) is 3.06. The number of rotatable bonds is 5. The molecular weight excluding hydrogens is 258 g/mol. The Bertz CT molecular complexity index is 501. The van der Waals surface area contributed by atoms with Gasteiger partial charge in [0.15, 0.2) is 0 Å². The SMILES string of the molecule is CN1CCC(CNC(c2ccccc2)c2ccccn2)C1. The molecule has 1 fully saturated rings. The normalized spacial score (nSPS) is 20.5. The lowest BCUT2D eigenvalue weighted by Gasteiger charge is -2.21. The van der Waals surface area contributed by atoms with E-state index < -0.39 is 0 Å². The zero-order chi connectivity index (χ0) is 14.5.